The van der Waals surface area contributed by atoms with Crippen molar-refractivity contribution in [2.24, 2.45) is 0 Å². The van der Waals surface area contributed by atoms with Gasteiger partial charge in [-0.3, -0.25) is 0 Å². The van der Waals surface area contributed by atoms with Crippen LogP contribution in [0.3, 0.4) is 0 Å². The summed E-state index contributed by atoms with van der Waals surface area (Å²) in [7, 11) is 0. The Balaban J connectivity index is 2.41. The molecule has 0 unspecified atom stereocenters. The Morgan fingerprint density at radius 2 is 2.00 bits per heavy atom. The largest absolute Gasteiger partial charge is 0.478 e. The van der Waals surface area contributed by atoms with Gasteiger partial charge in [0.2, 0.25) is 0 Å². The minimum atomic E-state index is -0.951. The molecule has 2 heterocycles. The first-order valence-corrected chi connectivity index (χ1v) is 7.63. The average molecular weight is 309 g/mol. The maximum Gasteiger partial charge on any atom is 0.335 e. The van der Waals surface area contributed by atoms with Crippen LogP contribution in [0.4, 0.5) is 0 Å². The summed E-state index contributed by atoms with van der Waals surface area (Å²) in [6.07, 6.45) is 0. The van der Waals surface area contributed by atoms with Crippen molar-refractivity contribution >= 4 is 29.1 Å². The molecule has 2 aromatic rings. The van der Waals surface area contributed by atoms with Crippen LogP contribution < -0.4 is 0 Å². The average Bonchev–Trinajstić information content (AvgIpc) is 2.73. The van der Waals surface area contributed by atoms with Crippen LogP contribution in [0.1, 0.15) is 41.8 Å². The van der Waals surface area contributed by atoms with E-state index in [0.717, 1.165) is 15.0 Å². The van der Waals surface area contributed by atoms with Gasteiger partial charge < -0.3 is 5.11 Å². The number of rotatable bonds is 3. The predicted molar refractivity (Wildman–Crippen MR) is 78.7 cm³/mol. The van der Waals surface area contributed by atoms with Gasteiger partial charge in [-0.2, -0.15) is 0 Å². The van der Waals surface area contributed by atoms with Crippen LogP contribution in [-0.4, -0.2) is 26.3 Å². The lowest BCUT2D eigenvalue weighted by Crippen LogP contribution is -2.15. The van der Waals surface area contributed by atoms with Crippen molar-refractivity contribution in [3.63, 3.8) is 0 Å². The molecule has 0 fully saturated rings. The predicted octanol–water partition coefficient (Wildman–Crippen LogP) is 3.39. The number of carbonyl (C=O) groups is 1. The molecule has 0 aliphatic heterocycles. The summed E-state index contributed by atoms with van der Waals surface area (Å²) in [4.78, 5) is 15.8. The SMILES string of the molecule is Cc1nnc(Sc2cc(C(=O)O)cc(C(C)(C)C)n2)s1. The quantitative estimate of drug-likeness (QED) is 0.936. The molecular weight excluding hydrogens is 294 g/mol. The van der Waals surface area contributed by atoms with E-state index in [1.807, 2.05) is 27.7 Å². The fourth-order valence-corrected chi connectivity index (χ4v) is 3.27. The Morgan fingerprint density at radius 1 is 1.30 bits per heavy atom. The topological polar surface area (TPSA) is 76.0 Å². The summed E-state index contributed by atoms with van der Waals surface area (Å²) in [5.41, 5.74) is 0.785. The van der Waals surface area contributed by atoms with Crippen LogP contribution in [0.15, 0.2) is 21.5 Å². The molecule has 0 saturated carbocycles. The van der Waals surface area contributed by atoms with E-state index in [1.165, 1.54) is 23.1 Å². The standard InChI is InChI=1S/C13H15N3O2S2/c1-7-15-16-12(19-7)20-10-6-8(11(17)18)5-9(14-10)13(2,3)4/h5-6H,1-4H3,(H,17,18). The molecule has 2 aromatic heterocycles. The van der Waals surface area contributed by atoms with Gasteiger partial charge in [0.05, 0.1) is 5.56 Å². The molecule has 5 nitrogen and oxygen atoms in total. The number of carboxylic acids is 1. The number of pyridine rings is 1. The third-order valence-electron chi connectivity index (χ3n) is 2.52. The highest BCUT2D eigenvalue weighted by Crippen LogP contribution is 2.31. The molecule has 0 aliphatic rings. The second-order valence-electron chi connectivity index (χ2n) is 5.32. The van der Waals surface area contributed by atoms with Crippen molar-refractivity contribution in [3.8, 4) is 0 Å². The molecule has 0 saturated heterocycles. The molecule has 20 heavy (non-hydrogen) atoms. The Kier molecular flexibility index (Phi) is 4.10. The zero-order valence-electron chi connectivity index (χ0n) is 11.7. The lowest BCUT2D eigenvalue weighted by molar-refractivity contribution is 0.0696. The molecule has 0 bridgehead atoms. The van der Waals surface area contributed by atoms with Crippen LogP contribution in [-0.2, 0) is 5.41 Å². The first kappa shape index (κ1) is 14.9. The number of aromatic carboxylic acids is 1. The summed E-state index contributed by atoms with van der Waals surface area (Å²) in [5.74, 6) is -0.951. The van der Waals surface area contributed by atoms with Gasteiger partial charge in [0.25, 0.3) is 0 Å². The van der Waals surface area contributed by atoms with E-state index in [4.69, 9.17) is 0 Å². The maximum atomic E-state index is 11.2. The summed E-state index contributed by atoms with van der Waals surface area (Å²) >= 11 is 2.80. The van der Waals surface area contributed by atoms with E-state index in [1.54, 1.807) is 12.1 Å². The molecule has 7 heteroatoms. The van der Waals surface area contributed by atoms with Crippen LogP contribution in [0, 0.1) is 6.92 Å². The van der Waals surface area contributed by atoms with E-state index in [2.05, 4.69) is 15.2 Å². The minimum absolute atomic E-state index is 0.211. The normalized spacial score (nSPS) is 11.6. The van der Waals surface area contributed by atoms with Gasteiger partial charge in [-0.15, -0.1) is 10.2 Å². The monoisotopic (exact) mass is 309 g/mol. The summed E-state index contributed by atoms with van der Waals surface area (Å²) in [6.45, 7) is 7.89. The van der Waals surface area contributed by atoms with Gasteiger partial charge >= 0.3 is 5.97 Å². The van der Waals surface area contributed by atoms with Crippen molar-refractivity contribution in [3.05, 3.63) is 28.4 Å². The molecule has 2 rings (SSSR count). The fourth-order valence-electron chi connectivity index (χ4n) is 1.47. The molecule has 0 radical (unpaired) electrons. The van der Waals surface area contributed by atoms with E-state index in [-0.39, 0.29) is 11.0 Å². The van der Waals surface area contributed by atoms with Gasteiger partial charge in [0, 0.05) is 11.1 Å². The zero-order chi connectivity index (χ0) is 14.9. The number of aryl methyl sites for hydroxylation is 1. The second kappa shape index (κ2) is 5.49. The Bertz CT molecular complexity index is 647. The number of hydrogen-bond acceptors (Lipinski definition) is 6. The molecule has 1 N–H and O–H groups in total. The molecule has 0 amide bonds. The van der Waals surface area contributed by atoms with Gasteiger partial charge in [-0.05, 0) is 30.8 Å². The highest BCUT2D eigenvalue weighted by molar-refractivity contribution is 8.01. The lowest BCUT2D eigenvalue weighted by atomic mass is 9.91. The van der Waals surface area contributed by atoms with E-state index >= 15 is 0 Å². The first-order valence-electron chi connectivity index (χ1n) is 5.99. The number of carboxylic acid groups (broad SMARTS) is 1. The molecule has 0 aromatic carbocycles. The minimum Gasteiger partial charge on any atom is -0.478 e. The van der Waals surface area contributed by atoms with Crippen molar-refractivity contribution in [1.82, 2.24) is 15.2 Å². The number of aromatic nitrogens is 3. The van der Waals surface area contributed by atoms with E-state index in [9.17, 15) is 9.90 Å². The van der Waals surface area contributed by atoms with Crippen LogP contribution >= 0.6 is 23.1 Å². The first-order chi connectivity index (χ1) is 9.25. The highest BCUT2D eigenvalue weighted by Gasteiger charge is 2.19. The third-order valence-corrected chi connectivity index (χ3v) is 4.32. The summed E-state index contributed by atoms with van der Waals surface area (Å²) < 4.78 is 0.761. The van der Waals surface area contributed by atoms with E-state index < -0.39 is 5.97 Å². The molecule has 0 spiro atoms. The van der Waals surface area contributed by atoms with Crippen molar-refractivity contribution in [2.75, 3.05) is 0 Å². The van der Waals surface area contributed by atoms with Gasteiger partial charge in [-0.25, -0.2) is 9.78 Å². The van der Waals surface area contributed by atoms with Gasteiger partial charge in [-0.1, -0.05) is 32.1 Å². The summed E-state index contributed by atoms with van der Waals surface area (Å²) in [6, 6.07) is 3.19. The molecule has 0 atom stereocenters. The fraction of sp³-hybridized carbons (Fsp3) is 0.385. The van der Waals surface area contributed by atoms with Crippen LogP contribution in [0.25, 0.3) is 0 Å². The molecule has 0 aliphatic carbocycles. The van der Waals surface area contributed by atoms with Crippen molar-refractivity contribution < 1.29 is 9.90 Å². The second-order valence-corrected chi connectivity index (χ2v) is 7.77. The maximum absolute atomic E-state index is 11.2. The number of hydrogen-bond donors (Lipinski definition) is 1. The third kappa shape index (κ3) is 3.55. The molecular formula is C13H15N3O2S2. The van der Waals surface area contributed by atoms with Gasteiger partial charge in [0.1, 0.15) is 10.0 Å². The lowest BCUT2D eigenvalue weighted by Gasteiger charge is -2.18. The van der Waals surface area contributed by atoms with Crippen molar-refractivity contribution in [2.45, 2.75) is 42.5 Å². The van der Waals surface area contributed by atoms with Crippen LogP contribution in [0.5, 0.6) is 0 Å². The Morgan fingerprint density at radius 3 is 2.50 bits per heavy atom. The van der Waals surface area contributed by atoms with Crippen molar-refractivity contribution in [1.29, 1.82) is 0 Å². The Hall–Kier alpha value is -1.47. The Labute approximate surface area is 125 Å². The molecule has 106 valence electrons. The highest BCUT2D eigenvalue weighted by atomic mass is 32.2. The number of nitrogens with zero attached hydrogens (tertiary/aromatic N) is 3. The zero-order valence-corrected chi connectivity index (χ0v) is 13.3. The smallest absolute Gasteiger partial charge is 0.335 e. The summed E-state index contributed by atoms with van der Waals surface area (Å²) in [5, 5.41) is 18.7. The van der Waals surface area contributed by atoms with Crippen LogP contribution in [0.2, 0.25) is 0 Å². The van der Waals surface area contributed by atoms with Gasteiger partial charge in [0.15, 0.2) is 4.34 Å². The van der Waals surface area contributed by atoms with E-state index in [0.29, 0.717) is 5.03 Å².